The summed E-state index contributed by atoms with van der Waals surface area (Å²) < 4.78 is 41.4. The number of hydrogen-bond donors (Lipinski definition) is 1. The van der Waals surface area contributed by atoms with Gasteiger partial charge in [-0.2, -0.15) is 23.4 Å². The Bertz CT molecular complexity index is 1420. The number of aromatic nitrogens is 5. The zero-order chi connectivity index (χ0) is 26.9. The van der Waals surface area contributed by atoms with Crippen LogP contribution in [-0.4, -0.2) is 54.3 Å². The summed E-state index contributed by atoms with van der Waals surface area (Å²) in [7, 11) is 1.34. The van der Waals surface area contributed by atoms with Crippen LogP contribution in [0.4, 0.5) is 18.9 Å². The lowest BCUT2D eigenvalue weighted by atomic mass is 9.89. The summed E-state index contributed by atoms with van der Waals surface area (Å²) in [4.78, 5) is 31.2. The molecule has 1 saturated heterocycles. The van der Waals surface area contributed by atoms with Crippen LogP contribution in [0.1, 0.15) is 50.9 Å². The van der Waals surface area contributed by atoms with Crippen molar-refractivity contribution < 1.29 is 22.8 Å². The molecule has 0 bridgehead atoms. The summed E-state index contributed by atoms with van der Waals surface area (Å²) in [5.41, 5.74) is 0.965. The van der Waals surface area contributed by atoms with Gasteiger partial charge in [0, 0.05) is 50.5 Å². The average molecular weight is 524 g/mol. The monoisotopic (exact) mass is 523 g/mol. The number of aryl methyl sites for hydroxylation is 1. The van der Waals surface area contributed by atoms with Crippen molar-refractivity contribution in [1.29, 1.82) is 0 Å². The average Bonchev–Trinajstić information content (AvgIpc) is 3.59. The maximum absolute atomic E-state index is 12.9. The largest absolute Gasteiger partial charge is 0.435 e. The number of carbonyl (C=O) groups excluding carboxylic acids is 2. The van der Waals surface area contributed by atoms with Crippen molar-refractivity contribution in [2.24, 2.45) is 7.05 Å². The first-order valence-electron chi connectivity index (χ1n) is 12.0. The van der Waals surface area contributed by atoms with Gasteiger partial charge >= 0.3 is 6.18 Å². The van der Waals surface area contributed by atoms with Crippen LogP contribution in [0.5, 0.6) is 0 Å². The predicted octanol–water partition coefficient (Wildman–Crippen LogP) is 4.29. The molecule has 1 N–H and O–H groups in total. The Balaban J connectivity index is 1.16. The van der Waals surface area contributed by atoms with Crippen LogP contribution in [0.3, 0.4) is 0 Å². The number of piperidine rings is 1. The fourth-order valence-corrected chi connectivity index (χ4v) is 4.49. The highest BCUT2D eigenvalue weighted by Crippen LogP contribution is 2.31. The van der Waals surface area contributed by atoms with Crippen molar-refractivity contribution in [3.63, 3.8) is 0 Å². The Morgan fingerprint density at radius 3 is 2.37 bits per heavy atom. The number of rotatable bonds is 5. The first-order chi connectivity index (χ1) is 18.2. The van der Waals surface area contributed by atoms with E-state index in [0.717, 1.165) is 16.3 Å². The van der Waals surface area contributed by atoms with Gasteiger partial charge in [-0.15, -0.1) is 0 Å². The summed E-state index contributed by atoms with van der Waals surface area (Å²) in [6.07, 6.45) is 1.65. The van der Waals surface area contributed by atoms with E-state index in [1.807, 2.05) is 24.3 Å². The molecule has 0 unspecified atom stereocenters. The SMILES string of the molecule is Cn1nc(C(F)(F)F)cc1C(=O)N1CCC(c2ccc(NC(=O)c3ccc(-n4cccn4)nc3)cc2)CC1. The standard InChI is InChI=1S/C26H24F3N7O2/c1-34-21(15-22(33-34)26(27,28)29)25(38)35-13-9-18(10-14-35)17-3-6-20(7-4-17)32-24(37)19-5-8-23(30-16-19)36-12-2-11-31-36/h2-8,11-12,15-16,18H,9-10,13-14H2,1H3,(H,32,37). The van der Waals surface area contributed by atoms with Gasteiger partial charge < -0.3 is 10.2 Å². The Hall–Kier alpha value is -4.48. The third-order valence-electron chi connectivity index (χ3n) is 6.56. The Kier molecular flexibility index (Phi) is 6.70. The molecule has 12 heteroatoms. The van der Waals surface area contributed by atoms with Gasteiger partial charge in [0.1, 0.15) is 5.69 Å². The van der Waals surface area contributed by atoms with Crippen LogP contribution < -0.4 is 5.32 Å². The molecule has 1 aliphatic heterocycles. The molecule has 4 heterocycles. The van der Waals surface area contributed by atoms with E-state index >= 15 is 0 Å². The van der Waals surface area contributed by atoms with Crippen LogP contribution >= 0.6 is 0 Å². The molecule has 9 nitrogen and oxygen atoms in total. The molecule has 0 spiro atoms. The molecule has 196 valence electrons. The molecule has 4 aromatic rings. The smallest absolute Gasteiger partial charge is 0.337 e. The molecule has 2 amide bonds. The van der Waals surface area contributed by atoms with Crippen LogP contribution in [0.15, 0.2) is 67.1 Å². The van der Waals surface area contributed by atoms with Crippen molar-refractivity contribution in [3.8, 4) is 5.82 Å². The van der Waals surface area contributed by atoms with E-state index in [1.165, 1.54) is 13.2 Å². The third kappa shape index (κ3) is 5.29. The molecule has 1 aromatic carbocycles. The minimum Gasteiger partial charge on any atom is -0.337 e. The van der Waals surface area contributed by atoms with Crippen molar-refractivity contribution in [2.45, 2.75) is 24.9 Å². The second-order valence-corrected chi connectivity index (χ2v) is 9.03. The number of carbonyl (C=O) groups is 2. The number of likely N-dealkylation sites (tertiary alicyclic amines) is 1. The number of anilines is 1. The summed E-state index contributed by atoms with van der Waals surface area (Å²) in [5.74, 6) is 0.0576. The molecule has 0 saturated carbocycles. The Labute approximate surface area is 215 Å². The number of hydrogen-bond acceptors (Lipinski definition) is 5. The van der Waals surface area contributed by atoms with E-state index in [9.17, 15) is 22.8 Å². The van der Waals surface area contributed by atoms with Crippen molar-refractivity contribution in [2.75, 3.05) is 18.4 Å². The van der Waals surface area contributed by atoms with E-state index in [2.05, 4.69) is 20.5 Å². The first kappa shape index (κ1) is 25.2. The van der Waals surface area contributed by atoms with E-state index in [4.69, 9.17) is 0 Å². The maximum atomic E-state index is 12.9. The predicted molar refractivity (Wildman–Crippen MR) is 132 cm³/mol. The lowest BCUT2D eigenvalue weighted by molar-refractivity contribution is -0.141. The molecule has 1 fully saturated rings. The van der Waals surface area contributed by atoms with Crippen molar-refractivity contribution in [1.82, 2.24) is 29.4 Å². The molecule has 0 radical (unpaired) electrons. The van der Waals surface area contributed by atoms with Crippen LogP contribution in [-0.2, 0) is 13.2 Å². The molecule has 0 atom stereocenters. The summed E-state index contributed by atoms with van der Waals surface area (Å²) in [6.45, 7) is 0.853. The summed E-state index contributed by atoms with van der Waals surface area (Å²) in [5, 5.41) is 10.4. The van der Waals surface area contributed by atoms with E-state index in [-0.39, 0.29) is 17.5 Å². The van der Waals surface area contributed by atoms with Gasteiger partial charge in [0.25, 0.3) is 11.8 Å². The van der Waals surface area contributed by atoms with Crippen LogP contribution in [0, 0.1) is 0 Å². The normalized spacial score (nSPS) is 14.5. The Morgan fingerprint density at radius 2 is 1.79 bits per heavy atom. The quantitative estimate of drug-likeness (QED) is 0.421. The maximum Gasteiger partial charge on any atom is 0.435 e. The Morgan fingerprint density at radius 1 is 1.05 bits per heavy atom. The number of nitrogens with one attached hydrogen (secondary N) is 1. The number of nitrogens with zero attached hydrogens (tertiary/aromatic N) is 6. The molecule has 1 aliphatic rings. The summed E-state index contributed by atoms with van der Waals surface area (Å²) >= 11 is 0. The number of halogens is 3. The highest BCUT2D eigenvalue weighted by Gasteiger charge is 2.36. The second kappa shape index (κ2) is 10.1. The molecule has 5 rings (SSSR count). The number of alkyl halides is 3. The van der Waals surface area contributed by atoms with Gasteiger partial charge in [0.15, 0.2) is 11.5 Å². The van der Waals surface area contributed by atoms with Gasteiger partial charge in [0.05, 0.1) is 5.56 Å². The fraction of sp³-hybridized carbons (Fsp3) is 0.269. The highest BCUT2D eigenvalue weighted by atomic mass is 19.4. The van der Waals surface area contributed by atoms with E-state index < -0.39 is 17.8 Å². The van der Waals surface area contributed by atoms with Gasteiger partial charge in [-0.05, 0) is 54.7 Å². The van der Waals surface area contributed by atoms with Crippen molar-refractivity contribution in [3.05, 3.63) is 89.6 Å². The van der Waals surface area contributed by atoms with Crippen LogP contribution in [0.2, 0.25) is 0 Å². The minimum atomic E-state index is -4.60. The topological polar surface area (TPSA) is 97.9 Å². The van der Waals surface area contributed by atoms with Gasteiger partial charge in [-0.25, -0.2) is 9.67 Å². The van der Waals surface area contributed by atoms with E-state index in [1.54, 1.807) is 40.2 Å². The number of pyridine rings is 1. The molecule has 38 heavy (non-hydrogen) atoms. The second-order valence-electron chi connectivity index (χ2n) is 9.03. The van der Waals surface area contributed by atoms with Crippen LogP contribution in [0.25, 0.3) is 5.82 Å². The lowest BCUT2D eigenvalue weighted by Crippen LogP contribution is -2.38. The van der Waals surface area contributed by atoms with Gasteiger partial charge in [0.2, 0.25) is 0 Å². The molecule has 3 aromatic heterocycles. The molecular weight excluding hydrogens is 499 g/mol. The van der Waals surface area contributed by atoms with E-state index in [0.29, 0.717) is 43.0 Å². The zero-order valence-electron chi connectivity index (χ0n) is 20.4. The number of benzene rings is 1. The lowest BCUT2D eigenvalue weighted by Gasteiger charge is -2.32. The minimum absolute atomic E-state index is 0.0814. The van der Waals surface area contributed by atoms with Crippen molar-refractivity contribution >= 4 is 17.5 Å². The van der Waals surface area contributed by atoms with Gasteiger partial charge in [-0.3, -0.25) is 14.3 Å². The first-order valence-corrected chi connectivity index (χ1v) is 12.0. The number of amides is 2. The summed E-state index contributed by atoms with van der Waals surface area (Å²) in [6, 6.07) is 13.5. The third-order valence-corrected chi connectivity index (χ3v) is 6.56. The highest BCUT2D eigenvalue weighted by molar-refractivity contribution is 6.04. The van der Waals surface area contributed by atoms with Gasteiger partial charge in [-0.1, -0.05) is 12.1 Å². The fourth-order valence-electron chi connectivity index (χ4n) is 4.49. The molecule has 0 aliphatic carbocycles. The zero-order valence-corrected chi connectivity index (χ0v) is 20.4. The molecular formula is C26H24F3N7O2.